The fourth-order valence-corrected chi connectivity index (χ4v) is 2.43. The number of rotatable bonds is 4. The molecule has 10 heteroatoms. The highest BCUT2D eigenvalue weighted by Crippen LogP contribution is 2.32. The molecule has 4 atom stereocenters. The topological polar surface area (TPSA) is 129 Å². The smallest absolute Gasteiger partial charge is 0.167 e. The average molecular weight is 313 g/mol. The van der Waals surface area contributed by atoms with Gasteiger partial charge in [-0.1, -0.05) is 0 Å². The molecule has 0 bridgehead atoms. The molecule has 1 fully saturated rings. The molecule has 1 aliphatic rings. The van der Waals surface area contributed by atoms with E-state index in [4.69, 9.17) is 15.2 Å². The van der Waals surface area contributed by atoms with Crippen LogP contribution >= 0.6 is 12.6 Å². The Kier molecular flexibility index (Phi) is 3.95. The largest absolute Gasteiger partial charge is 0.387 e. The number of anilines is 1. The van der Waals surface area contributed by atoms with Crippen molar-refractivity contribution in [2.45, 2.75) is 24.5 Å². The van der Waals surface area contributed by atoms with Gasteiger partial charge in [-0.2, -0.15) is 12.6 Å². The predicted molar refractivity (Wildman–Crippen MR) is 75.5 cm³/mol. The molecule has 3 heterocycles. The van der Waals surface area contributed by atoms with Crippen molar-refractivity contribution in [3.63, 3.8) is 0 Å². The molecule has 3 rings (SSSR count). The number of aromatic nitrogens is 4. The zero-order chi connectivity index (χ0) is 15.0. The number of hydrogen-bond donors (Lipinski definition) is 4. The first kappa shape index (κ1) is 14.5. The highest BCUT2D eigenvalue weighted by atomic mass is 32.1. The third-order valence-corrected chi connectivity index (χ3v) is 3.55. The fraction of sp³-hybridized carbons (Fsp3) is 0.545. The number of nitrogens with two attached hydrogens (primary N) is 1. The second-order valence-electron chi connectivity index (χ2n) is 4.63. The van der Waals surface area contributed by atoms with Gasteiger partial charge in [-0.3, -0.25) is 4.57 Å². The lowest BCUT2D eigenvalue weighted by Crippen LogP contribution is -2.33. The lowest BCUT2D eigenvalue weighted by atomic mass is 10.1. The molecule has 2 aromatic rings. The van der Waals surface area contributed by atoms with E-state index < -0.39 is 24.5 Å². The maximum atomic E-state index is 10.2. The molecule has 4 N–H and O–H groups in total. The van der Waals surface area contributed by atoms with Gasteiger partial charge >= 0.3 is 0 Å². The zero-order valence-electron chi connectivity index (χ0n) is 10.9. The third-order valence-electron chi connectivity index (χ3n) is 3.37. The normalized spacial score (nSPS) is 29.3. The van der Waals surface area contributed by atoms with Gasteiger partial charge in [0.2, 0.25) is 0 Å². The van der Waals surface area contributed by atoms with Crippen molar-refractivity contribution < 1.29 is 19.7 Å². The van der Waals surface area contributed by atoms with Crippen molar-refractivity contribution in [3.8, 4) is 0 Å². The summed E-state index contributed by atoms with van der Waals surface area (Å²) in [5, 5.41) is 20.2. The van der Waals surface area contributed by atoms with Crippen LogP contribution in [0, 0.1) is 0 Å². The standard InChI is InChI=1S/C11H15N5O4S/c12-9-6-10(14-2-13-9)16(3-15-6)11-8(18)7(17)5(20-11)1-19-4-21/h2-3,5,7-8,11,17-18,21H,1,4H2,(H2,12,13,14)/t5-,7?,8?,11-/m1/s1. The molecular weight excluding hydrogens is 298 g/mol. The molecule has 0 spiro atoms. The molecule has 2 aromatic heterocycles. The fourth-order valence-electron chi connectivity index (χ4n) is 2.32. The van der Waals surface area contributed by atoms with Gasteiger partial charge in [-0.25, -0.2) is 15.0 Å². The summed E-state index contributed by atoms with van der Waals surface area (Å²) in [7, 11) is 0. The summed E-state index contributed by atoms with van der Waals surface area (Å²) < 4.78 is 12.3. The van der Waals surface area contributed by atoms with Gasteiger partial charge < -0.3 is 25.4 Å². The maximum Gasteiger partial charge on any atom is 0.167 e. The summed E-state index contributed by atoms with van der Waals surface area (Å²) >= 11 is 3.92. The number of nitrogens with zero attached hydrogens (tertiary/aromatic N) is 4. The Hall–Kier alpha value is -1.46. The van der Waals surface area contributed by atoms with Crippen LogP contribution in [0.5, 0.6) is 0 Å². The van der Waals surface area contributed by atoms with Crippen LogP contribution in [-0.2, 0) is 9.47 Å². The number of ether oxygens (including phenoxy) is 2. The van der Waals surface area contributed by atoms with Gasteiger partial charge in [0.25, 0.3) is 0 Å². The molecule has 0 saturated carbocycles. The zero-order valence-corrected chi connectivity index (χ0v) is 11.8. The van der Waals surface area contributed by atoms with E-state index in [9.17, 15) is 10.2 Å². The van der Waals surface area contributed by atoms with Gasteiger partial charge in [0.1, 0.15) is 30.2 Å². The molecule has 0 radical (unpaired) electrons. The lowest BCUT2D eigenvalue weighted by molar-refractivity contribution is -0.0596. The number of nitrogen functional groups attached to an aromatic ring is 1. The van der Waals surface area contributed by atoms with E-state index in [0.29, 0.717) is 11.2 Å². The van der Waals surface area contributed by atoms with Crippen LogP contribution < -0.4 is 5.73 Å². The highest BCUT2D eigenvalue weighted by Gasteiger charge is 2.44. The SMILES string of the molecule is Nc1ncnc2c1ncn2[C@@H]1O[C@H](COCS)C(O)C1O. The Morgan fingerprint density at radius 3 is 2.90 bits per heavy atom. The van der Waals surface area contributed by atoms with Crippen LogP contribution in [0.4, 0.5) is 5.82 Å². The molecule has 21 heavy (non-hydrogen) atoms. The van der Waals surface area contributed by atoms with Crippen molar-refractivity contribution in [2.24, 2.45) is 0 Å². The van der Waals surface area contributed by atoms with Crippen LogP contribution in [0.15, 0.2) is 12.7 Å². The van der Waals surface area contributed by atoms with Crippen LogP contribution in [0.1, 0.15) is 6.23 Å². The first-order chi connectivity index (χ1) is 10.1. The minimum atomic E-state index is -1.13. The Morgan fingerprint density at radius 1 is 1.33 bits per heavy atom. The summed E-state index contributed by atoms with van der Waals surface area (Å²) in [5.74, 6) is 0.437. The minimum Gasteiger partial charge on any atom is -0.387 e. The molecule has 114 valence electrons. The molecule has 1 saturated heterocycles. The monoisotopic (exact) mass is 313 g/mol. The van der Waals surface area contributed by atoms with Crippen molar-refractivity contribution in [3.05, 3.63) is 12.7 Å². The second-order valence-corrected chi connectivity index (χ2v) is 4.89. The summed E-state index contributed by atoms with van der Waals surface area (Å²) in [5.41, 5.74) is 6.56. The van der Waals surface area contributed by atoms with E-state index in [1.54, 1.807) is 0 Å². The van der Waals surface area contributed by atoms with Gasteiger partial charge in [-0.15, -0.1) is 0 Å². The Morgan fingerprint density at radius 2 is 2.14 bits per heavy atom. The first-order valence-corrected chi connectivity index (χ1v) is 6.90. The lowest BCUT2D eigenvalue weighted by Gasteiger charge is -2.16. The summed E-state index contributed by atoms with van der Waals surface area (Å²) in [6, 6.07) is 0. The van der Waals surface area contributed by atoms with Gasteiger partial charge in [0, 0.05) is 0 Å². The van der Waals surface area contributed by atoms with Crippen LogP contribution in [-0.4, -0.2) is 60.6 Å². The van der Waals surface area contributed by atoms with Crippen molar-refractivity contribution in [1.29, 1.82) is 0 Å². The van der Waals surface area contributed by atoms with Gasteiger partial charge in [0.15, 0.2) is 17.7 Å². The highest BCUT2D eigenvalue weighted by molar-refractivity contribution is 7.80. The summed E-state index contributed by atoms with van der Waals surface area (Å²) in [6.07, 6.45) is -0.951. The number of imidazole rings is 1. The summed E-state index contributed by atoms with van der Waals surface area (Å²) in [4.78, 5) is 12.0. The Bertz CT molecular complexity index is 638. The van der Waals surface area contributed by atoms with E-state index in [1.807, 2.05) is 0 Å². The first-order valence-electron chi connectivity index (χ1n) is 6.26. The van der Waals surface area contributed by atoms with Crippen molar-refractivity contribution in [1.82, 2.24) is 19.5 Å². The second kappa shape index (κ2) is 5.73. The number of thiol groups is 1. The quantitative estimate of drug-likeness (QED) is 0.415. The maximum absolute atomic E-state index is 10.2. The molecule has 9 nitrogen and oxygen atoms in total. The van der Waals surface area contributed by atoms with Crippen LogP contribution in [0.3, 0.4) is 0 Å². The van der Waals surface area contributed by atoms with E-state index in [1.165, 1.54) is 17.2 Å². The predicted octanol–water partition coefficient (Wildman–Crippen LogP) is -1.07. The van der Waals surface area contributed by atoms with Crippen LogP contribution in [0.2, 0.25) is 0 Å². The van der Waals surface area contributed by atoms with Gasteiger partial charge in [-0.05, 0) is 0 Å². The van der Waals surface area contributed by atoms with E-state index in [2.05, 4.69) is 27.6 Å². The molecule has 0 amide bonds. The summed E-state index contributed by atoms with van der Waals surface area (Å²) in [6.45, 7) is 0.127. The number of fused-ring (bicyclic) bond motifs is 1. The Balaban J connectivity index is 1.90. The van der Waals surface area contributed by atoms with Crippen LogP contribution in [0.25, 0.3) is 11.2 Å². The third kappa shape index (κ3) is 2.45. The van der Waals surface area contributed by atoms with Gasteiger partial charge in [0.05, 0.1) is 18.9 Å². The van der Waals surface area contributed by atoms with Crippen molar-refractivity contribution in [2.75, 3.05) is 18.3 Å². The van der Waals surface area contributed by atoms with E-state index in [0.717, 1.165) is 0 Å². The molecular formula is C11H15N5O4S. The molecule has 1 aliphatic heterocycles. The number of aliphatic hydroxyl groups is 2. The minimum absolute atomic E-state index is 0.127. The Labute approximate surface area is 125 Å². The molecule has 0 aliphatic carbocycles. The molecule has 0 aromatic carbocycles. The van der Waals surface area contributed by atoms with Crippen molar-refractivity contribution >= 4 is 29.6 Å². The van der Waals surface area contributed by atoms with E-state index in [-0.39, 0.29) is 18.4 Å². The van der Waals surface area contributed by atoms with E-state index >= 15 is 0 Å². The number of aliphatic hydroxyl groups excluding tert-OH is 2. The average Bonchev–Trinajstić information content (AvgIpc) is 3.02. The molecule has 2 unspecified atom stereocenters. The number of hydrogen-bond acceptors (Lipinski definition) is 9.